The normalized spacial score (nSPS) is 13.6. The van der Waals surface area contributed by atoms with E-state index in [0.29, 0.717) is 6.61 Å². The van der Waals surface area contributed by atoms with Gasteiger partial charge in [0.15, 0.2) is 0 Å². The molecule has 0 amide bonds. The fourth-order valence-electron chi connectivity index (χ4n) is 2.94. The third-order valence-electron chi connectivity index (χ3n) is 4.76. The molecule has 4 heteroatoms. The van der Waals surface area contributed by atoms with Crippen LogP contribution in [0.3, 0.4) is 0 Å². The first-order valence-electron chi connectivity index (χ1n) is 9.87. The van der Waals surface area contributed by atoms with Gasteiger partial charge in [0.2, 0.25) is 0 Å². The van der Waals surface area contributed by atoms with Crippen LogP contribution in [0.4, 0.5) is 0 Å². The standard InChI is InChI=1S/C24H32O4/c1-17(15-23(25)26)19-9-11-21(12-10-19)28-18(2)13-14-27-22-8-6-7-20(16-22)24(3,4)5/h6-12,16-18H,13-15H2,1-5H3,(H,25,26). The van der Waals surface area contributed by atoms with Crippen LogP contribution in [-0.4, -0.2) is 23.8 Å². The van der Waals surface area contributed by atoms with E-state index < -0.39 is 5.97 Å². The van der Waals surface area contributed by atoms with Crippen molar-refractivity contribution in [3.05, 3.63) is 59.7 Å². The van der Waals surface area contributed by atoms with Crippen molar-refractivity contribution in [1.82, 2.24) is 0 Å². The Morgan fingerprint density at radius 2 is 1.71 bits per heavy atom. The summed E-state index contributed by atoms with van der Waals surface area (Å²) in [6.45, 7) is 11.1. The van der Waals surface area contributed by atoms with E-state index in [1.54, 1.807) is 0 Å². The first-order valence-corrected chi connectivity index (χ1v) is 9.87. The molecule has 0 spiro atoms. The van der Waals surface area contributed by atoms with Crippen LogP contribution in [0.2, 0.25) is 0 Å². The summed E-state index contributed by atoms with van der Waals surface area (Å²) in [7, 11) is 0. The minimum Gasteiger partial charge on any atom is -0.493 e. The van der Waals surface area contributed by atoms with Gasteiger partial charge in [-0.1, -0.05) is 52.0 Å². The lowest BCUT2D eigenvalue weighted by molar-refractivity contribution is -0.137. The van der Waals surface area contributed by atoms with E-state index in [1.807, 2.05) is 50.2 Å². The summed E-state index contributed by atoms with van der Waals surface area (Å²) in [5, 5.41) is 8.90. The van der Waals surface area contributed by atoms with Crippen LogP contribution in [-0.2, 0) is 10.2 Å². The average Bonchev–Trinajstić information content (AvgIpc) is 2.61. The average molecular weight is 385 g/mol. The van der Waals surface area contributed by atoms with Crippen LogP contribution >= 0.6 is 0 Å². The van der Waals surface area contributed by atoms with Crippen molar-refractivity contribution in [3.8, 4) is 11.5 Å². The summed E-state index contributed by atoms with van der Waals surface area (Å²) in [5.74, 6) is 0.876. The zero-order chi connectivity index (χ0) is 20.7. The zero-order valence-electron chi connectivity index (χ0n) is 17.6. The van der Waals surface area contributed by atoms with Crippen LogP contribution in [0.25, 0.3) is 0 Å². The van der Waals surface area contributed by atoms with Crippen LogP contribution < -0.4 is 9.47 Å². The molecule has 0 bridgehead atoms. The van der Waals surface area contributed by atoms with Gasteiger partial charge < -0.3 is 14.6 Å². The molecule has 0 aliphatic carbocycles. The predicted molar refractivity (Wildman–Crippen MR) is 112 cm³/mol. The first-order chi connectivity index (χ1) is 13.1. The number of carboxylic acids is 1. The van der Waals surface area contributed by atoms with Gasteiger partial charge in [-0.3, -0.25) is 4.79 Å². The number of carboxylic acid groups (broad SMARTS) is 1. The van der Waals surface area contributed by atoms with Crippen molar-refractivity contribution in [3.63, 3.8) is 0 Å². The highest BCUT2D eigenvalue weighted by molar-refractivity contribution is 5.67. The number of benzene rings is 2. The van der Waals surface area contributed by atoms with E-state index in [4.69, 9.17) is 14.6 Å². The fraction of sp³-hybridized carbons (Fsp3) is 0.458. The maximum Gasteiger partial charge on any atom is 0.303 e. The molecular weight excluding hydrogens is 352 g/mol. The van der Waals surface area contributed by atoms with E-state index in [1.165, 1.54) is 5.56 Å². The maximum atomic E-state index is 10.8. The SMILES string of the molecule is CC(CCOc1cccc(C(C)(C)C)c1)Oc1ccc(C(C)CC(=O)O)cc1. The highest BCUT2D eigenvalue weighted by Crippen LogP contribution is 2.26. The Balaban J connectivity index is 1.81. The molecule has 1 N–H and O–H groups in total. The number of hydrogen-bond donors (Lipinski definition) is 1. The molecule has 0 aliphatic rings. The molecule has 152 valence electrons. The second-order valence-corrected chi connectivity index (χ2v) is 8.41. The van der Waals surface area contributed by atoms with Gasteiger partial charge in [-0.25, -0.2) is 0 Å². The molecule has 0 saturated heterocycles. The smallest absolute Gasteiger partial charge is 0.303 e. The van der Waals surface area contributed by atoms with Gasteiger partial charge in [-0.2, -0.15) is 0 Å². The molecule has 0 aromatic heterocycles. The van der Waals surface area contributed by atoms with E-state index >= 15 is 0 Å². The zero-order valence-corrected chi connectivity index (χ0v) is 17.6. The first kappa shape index (κ1) is 21.8. The number of rotatable bonds is 9. The van der Waals surface area contributed by atoms with Gasteiger partial charge in [0.25, 0.3) is 0 Å². The highest BCUT2D eigenvalue weighted by Gasteiger charge is 2.14. The molecule has 2 atom stereocenters. The summed E-state index contributed by atoms with van der Waals surface area (Å²) in [6, 6.07) is 15.9. The summed E-state index contributed by atoms with van der Waals surface area (Å²) in [4.78, 5) is 10.8. The molecule has 0 aliphatic heterocycles. The van der Waals surface area contributed by atoms with Crippen LogP contribution in [0.5, 0.6) is 11.5 Å². The molecule has 2 unspecified atom stereocenters. The summed E-state index contributed by atoms with van der Waals surface area (Å²) in [6.07, 6.45) is 0.925. The number of ether oxygens (including phenoxy) is 2. The van der Waals surface area contributed by atoms with Gasteiger partial charge in [0.1, 0.15) is 11.5 Å². The van der Waals surface area contributed by atoms with Crippen LogP contribution in [0, 0.1) is 0 Å². The summed E-state index contributed by atoms with van der Waals surface area (Å²) in [5.41, 5.74) is 2.36. The third kappa shape index (κ3) is 6.91. The monoisotopic (exact) mass is 384 g/mol. The Kier molecular flexibility index (Phi) is 7.50. The molecule has 2 rings (SSSR count). The van der Waals surface area contributed by atoms with E-state index in [-0.39, 0.29) is 23.9 Å². The Morgan fingerprint density at radius 1 is 1.04 bits per heavy atom. The minimum atomic E-state index is -0.783. The number of hydrogen-bond acceptors (Lipinski definition) is 3. The second-order valence-electron chi connectivity index (χ2n) is 8.41. The second kappa shape index (κ2) is 9.63. The van der Waals surface area contributed by atoms with Gasteiger partial charge in [-0.15, -0.1) is 0 Å². The lowest BCUT2D eigenvalue weighted by Crippen LogP contribution is -2.16. The van der Waals surface area contributed by atoms with Crippen molar-refractivity contribution in [2.24, 2.45) is 0 Å². The molecular formula is C24H32O4. The Bertz CT molecular complexity index is 759. The predicted octanol–water partition coefficient (Wildman–Crippen LogP) is 5.80. The van der Waals surface area contributed by atoms with Crippen molar-refractivity contribution in [2.75, 3.05) is 6.61 Å². The number of carbonyl (C=O) groups is 1. The van der Waals surface area contributed by atoms with Gasteiger partial charge in [-0.05, 0) is 53.6 Å². The lowest BCUT2D eigenvalue weighted by atomic mass is 9.87. The molecule has 4 nitrogen and oxygen atoms in total. The van der Waals surface area contributed by atoms with E-state index in [2.05, 4.69) is 32.9 Å². The lowest BCUT2D eigenvalue weighted by Gasteiger charge is -2.20. The largest absolute Gasteiger partial charge is 0.493 e. The van der Waals surface area contributed by atoms with Crippen molar-refractivity contribution in [1.29, 1.82) is 0 Å². The topological polar surface area (TPSA) is 55.8 Å². The fourth-order valence-corrected chi connectivity index (χ4v) is 2.94. The van der Waals surface area contributed by atoms with Crippen molar-refractivity contribution in [2.45, 2.75) is 64.9 Å². The van der Waals surface area contributed by atoms with E-state index in [9.17, 15) is 4.79 Å². The maximum absolute atomic E-state index is 10.8. The molecule has 28 heavy (non-hydrogen) atoms. The van der Waals surface area contributed by atoms with Crippen LogP contribution in [0.1, 0.15) is 64.5 Å². The molecule has 0 fully saturated rings. The Morgan fingerprint density at radius 3 is 2.32 bits per heavy atom. The molecule has 0 heterocycles. The Hall–Kier alpha value is -2.49. The molecule has 2 aromatic rings. The quantitative estimate of drug-likeness (QED) is 0.594. The summed E-state index contributed by atoms with van der Waals surface area (Å²) < 4.78 is 11.9. The molecule has 0 saturated carbocycles. The molecule has 2 aromatic carbocycles. The number of aliphatic carboxylic acids is 1. The highest BCUT2D eigenvalue weighted by atomic mass is 16.5. The van der Waals surface area contributed by atoms with Gasteiger partial charge in [0.05, 0.1) is 19.1 Å². The van der Waals surface area contributed by atoms with Crippen molar-refractivity contribution >= 4 is 5.97 Å². The molecule has 0 radical (unpaired) electrons. The van der Waals surface area contributed by atoms with Crippen LogP contribution in [0.15, 0.2) is 48.5 Å². The third-order valence-corrected chi connectivity index (χ3v) is 4.76. The Labute approximate surface area is 168 Å². The van der Waals surface area contributed by atoms with Gasteiger partial charge in [0, 0.05) is 6.42 Å². The van der Waals surface area contributed by atoms with Crippen molar-refractivity contribution < 1.29 is 19.4 Å². The summed E-state index contributed by atoms with van der Waals surface area (Å²) >= 11 is 0. The van der Waals surface area contributed by atoms with E-state index in [0.717, 1.165) is 23.5 Å². The minimum absolute atomic E-state index is 0.0127. The van der Waals surface area contributed by atoms with Gasteiger partial charge >= 0.3 is 5.97 Å².